The van der Waals surface area contributed by atoms with Crippen LogP contribution in [0.3, 0.4) is 0 Å². The summed E-state index contributed by atoms with van der Waals surface area (Å²) in [5.41, 5.74) is 1.37. The summed E-state index contributed by atoms with van der Waals surface area (Å²) >= 11 is 6.23. The molecule has 2 aromatic rings. The summed E-state index contributed by atoms with van der Waals surface area (Å²) in [6.07, 6.45) is -1.16. The highest BCUT2D eigenvalue weighted by Crippen LogP contribution is 2.23. The number of ether oxygens (including phenoxy) is 1. The smallest absolute Gasteiger partial charge is 0.490 e. The van der Waals surface area contributed by atoms with E-state index < -0.39 is 22.2 Å². The van der Waals surface area contributed by atoms with Crippen LogP contribution in [0.1, 0.15) is 37.6 Å². The molecule has 0 aliphatic heterocycles. The van der Waals surface area contributed by atoms with Crippen LogP contribution in [0.15, 0.2) is 42.7 Å². The second kappa shape index (κ2) is 16.1. The van der Waals surface area contributed by atoms with E-state index in [4.69, 9.17) is 26.2 Å². The molecule has 15 heteroatoms. The van der Waals surface area contributed by atoms with Crippen molar-refractivity contribution in [1.82, 2.24) is 14.6 Å². The lowest BCUT2D eigenvalue weighted by atomic mass is 10.1. The minimum absolute atomic E-state index is 0.0309. The van der Waals surface area contributed by atoms with Crippen molar-refractivity contribution in [2.75, 3.05) is 37.3 Å². The van der Waals surface area contributed by atoms with Crippen LogP contribution in [0.5, 0.6) is 5.75 Å². The Balaban J connectivity index is 0.000000956. The lowest BCUT2D eigenvalue weighted by Gasteiger charge is -2.27. The molecule has 0 aliphatic rings. The molecule has 1 aromatic heterocycles. The number of aliphatic carboxylic acids is 1. The lowest BCUT2D eigenvalue weighted by Crippen LogP contribution is -2.39. The van der Waals surface area contributed by atoms with Gasteiger partial charge in [0.05, 0.1) is 5.75 Å². The van der Waals surface area contributed by atoms with Crippen molar-refractivity contribution in [1.29, 1.82) is 0 Å². The first-order chi connectivity index (χ1) is 18.2. The Hall–Kier alpha value is -3.10. The number of nitrogens with zero attached hydrogens (tertiary/aromatic N) is 2. The number of carboxylic acid groups (broad SMARTS) is 1. The predicted octanol–water partition coefficient (Wildman–Crippen LogP) is 4.04. The number of amides is 1. The normalized spacial score (nSPS) is 11.4. The standard InChI is InChI=1S/C22H31ClN4O4S.C2HF3O2/c1-4-32(29,30)26-8-5-12-27(17(2)3)22(28)18-14-19(23)16-21(15-18)31-13-11-25-20-6-9-24-10-7-20;3-2(4,5)1(6)7/h6-7,9-10,14-17,26H,4-5,8,11-13H2,1-3H3,(H,24,25);(H,6,7). The Bertz CT molecular complexity index is 1170. The van der Waals surface area contributed by atoms with Crippen LogP contribution in [-0.2, 0) is 14.8 Å². The first-order valence-corrected chi connectivity index (χ1v) is 13.8. The van der Waals surface area contributed by atoms with E-state index in [1.165, 1.54) is 0 Å². The molecule has 0 saturated carbocycles. The van der Waals surface area contributed by atoms with Gasteiger partial charge in [-0.05, 0) is 57.5 Å². The number of hydrogen-bond acceptors (Lipinski definition) is 7. The number of carboxylic acids is 1. The van der Waals surface area contributed by atoms with Crippen LogP contribution in [0.2, 0.25) is 5.02 Å². The van der Waals surface area contributed by atoms with Gasteiger partial charge in [0, 0.05) is 54.3 Å². The third-order valence-electron chi connectivity index (χ3n) is 4.90. The van der Waals surface area contributed by atoms with Crippen LogP contribution >= 0.6 is 11.6 Å². The Morgan fingerprint density at radius 2 is 1.77 bits per heavy atom. The Morgan fingerprint density at radius 3 is 2.31 bits per heavy atom. The monoisotopic (exact) mass is 596 g/mol. The zero-order valence-electron chi connectivity index (χ0n) is 21.7. The Morgan fingerprint density at radius 1 is 1.15 bits per heavy atom. The molecule has 1 amide bonds. The number of pyridine rings is 1. The van der Waals surface area contributed by atoms with Crippen LogP contribution in [0, 0.1) is 0 Å². The molecule has 0 radical (unpaired) electrons. The summed E-state index contributed by atoms with van der Waals surface area (Å²) < 4.78 is 63.2. The van der Waals surface area contributed by atoms with Gasteiger partial charge in [-0.2, -0.15) is 13.2 Å². The molecule has 10 nitrogen and oxygen atoms in total. The fourth-order valence-electron chi connectivity index (χ4n) is 2.94. The maximum absolute atomic E-state index is 13.1. The highest BCUT2D eigenvalue weighted by atomic mass is 35.5. The van der Waals surface area contributed by atoms with Gasteiger partial charge in [-0.15, -0.1) is 0 Å². The predicted molar refractivity (Wildman–Crippen MR) is 142 cm³/mol. The van der Waals surface area contributed by atoms with Gasteiger partial charge in [-0.25, -0.2) is 17.9 Å². The molecular formula is C24H32ClF3N4O6S. The van der Waals surface area contributed by atoms with Crippen LogP contribution in [0.25, 0.3) is 0 Å². The third kappa shape index (κ3) is 13.5. The van der Waals surface area contributed by atoms with E-state index in [9.17, 15) is 26.4 Å². The number of benzene rings is 1. The Labute approximate surface area is 230 Å². The number of sulfonamides is 1. The van der Waals surface area contributed by atoms with Crippen molar-refractivity contribution < 1.29 is 41.0 Å². The van der Waals surface area contributed by atoms with Crippen molar-refractivity contribution >= 4 is 39.2 Å². The summed E-state index contributed by atoms with van der Waals surface area (Å²) in [6.45, 7) is 7.08. The van der Waals surface area contributed by atoms with Crippen LogP contribution < -0.4 is 14.8 Å². The molecule has 0 bridgehead atoms. The van der Waals surface area contributed by atoms with E-state index in [1.54, 1.807) is 42.4 Å². The third-order valence-corrected chi connectivity index (χ3v) is 6.53. The molecule has 0 atom stereocenters. The van der Waals surface area contributed by atoms with Crippen molar-refractivity contribution in [3.8, 4) is 5.75 Å². The number of alkyl halides is 3. The largest absolute Gasteiger partial charge is 0.492 e. The fourth-order valence-corrected chi connectivity index (χ4v) is 3.83. The highest BCUT2D eigenvalue weighted by Gasteiger charge is 2.38. The summed E-state index contributed by atoms with van der Waals surface area (Å²) in [7, 11) is -3.25. The molecule has 0 saturated heterocycles. The van der Waals surface area contributed by atoms with E-state index >= 15 is 0 Å². The molecule has 2 rings (SSSR count). The topological polar surface area (TPSA) is 138 Å². The quantitative estimate of drug-likeness (QED) is 0.295. The van der Waals surface area contributed by atoms with Gasteiger partial charge in [-0.3, -0.25) is 9.78 Å². The SMILES string of the molecule is CCS(=O)(=O)NCCCN(C(=O)c1cc(Cl)cc(OCCNc2ccncc2)c1)C(C)C.O=C(O)C(F)(F)F. The lowest BCUT2D eigenvalue weighted by molar-refractivity contribution is -0.192. The maximum atomic E-state index is 13.1. The molecule has 39 heavy (non-hydrogen) atoms. The molecule has 218 valence electrons. The van der Waals surface area contributed by atoms with E-state index in [0.29, 0.717) is 42.5 Å². The minimum Gasteiger partial charge on any atom is -0.492 e. The number of halogens is 4. The Kier molecular flexibility index (Phi) is 14.0. The molecule has 1 heterocycles. The van der Waals surface area contributed by atoms with Crippen molar-refractivity contribution in [2.45, 2.75) is 39.4 Å². The number of rotatable bonds is 13. The van der Waals surface area contributed by atoms with Gasteiger partial charge in [-0.1, -0.05) is 11.6 Å². The van der Waals surface area contributed by atoms with Gasteiger partial charge in [0.1, 0.15) is 12.4 Å². The van der Waals surface area contributed by atoms with Gasteiger partial charge >= 0.3 is 12.1 Å². The molecule has 0 fully saturated rings. The van der Waals surface area contributed by atoms with Gasteiger partial charge < -0.3 is 20.1 Å². The summed E-state index contributed by atoms with van der Waals surface area (Å²) in [5.74, 6) is -2.40. The number of carbonyl (C=O) groups excluding carboxylic acids is 1. The highest BCUT2D eigenvalue weighted by molar-refractivity contribution is 7.89. The summed E-state index contributed by atoms with van der Waals surface area (Å²) in [4.78, 5) is 27.7. The maximum Gasteiger partial charge on any atom is 0.490 e. The van der Waals surface area contributed by atoms with Crippen LogP contribution in [-0.4, -0.2) is 79.5 Å². The molecule has 0 unspecified atom stereocenters. The number of hydrogen-bond donors (Lipinski definition) is 3. The average Bonchev–Trinajstić information content (AvgIpc) is 2.86. The second-order valence-electron chi connectivity index (χ2n) is 8.23. The van der Waals surface area contributed by atoms with Gasteiger partial charge in [0.25, 0.3) is 5.91 Å². The molecule has 1 aromatic carbocycles. The zero-order chi connectivity index (χ0) is 29.6. The van der Waals surface area contributed by atoms with Gasteiger partial charge in [0.15, 0.2) is 0 Å². The van der Waals surface area contributed by atoms with Crippen LogP contribution in [0.4, 0.5) is 18.9 Å². The first-order valence-electron chi connectivity index (χ1n) is 11.8. The number of nitrogens with one attached hydrogen (secondary N) is 2. The van der Waals surface area contributed by atoms with E-state index in [-0.39, 0.29) is 24.2 Å². The molecule has 3 N–H and O–H groups in total. The van der Waals surface area contributed by atoms with Gasteiger partial charge in [0.2, 0.25) is 10.0 Å². The molecule has 0 aliphatic carbocycles. The molecule has 0 spiro atoms. The second-order valence-corrected chi connectivity index (χ2v) is 10.8. The van der Waals surface area contributed by atoms with Crippen molar-refractivity contribution in [2.24, 2.45) is 0 Å². The summed E-state index contributed by atoms with van der Waals surface area (Å²) in [6, 6.07) is 8.63. The number of aromatic nitrogens is 1. The fraction of sp³-hybridized carbons (Fsp3) is 0.458. The summed E-state index contributed by atoms with van der Waals surface area (Å²) in [5, 5.41) is 10.8. The molecular weight excluding hydrogens is 565 g/mol. The number of carbonyl (C=O) groups is 2. The van der Waals surface area contributed by atoms with E-state index in [1.807, 2.05) is 26.0 Å². The van der Waals surface area contributed by atoms with Crippen molar-refractivity contribution in [3.63, 3.8) is 0 Å². The average molecular weight is 597 g/mol. The van der Waals surface area contributed by atoms with E-state index in [2.05, 4.69) is 15.0 Å². The minimum atomic E-state index is -5.08. The van der Waals surface area contributed by atoms with Crippen molar-refractivity contribution in [3.05, 3.63) is 53.3 Å². The zero-order valence-corrected chi connectivity index (χ0v) is 23.2. The number of anilines is 1. The van der Waals surface area contributed by atoms with E-state index in [0.717, 1.165) is 5.69 Å². The first kappa shape index (κ1) is 33.9.